The number of carbonyl (C=O) groups is 2. The largest absolute Gasteiger partial charge is 0.481 e. The maximum absolute atomic E-state index is 10.9. The van der Waals surface area contributed by atoms with Crippen LogP contribution in [0.15, 0.2) is 71.8 Å². The van der Waals surface area contributed by atoms with Gasteiger partial charge in [-0.3, -0.25) is 15.0 Å². The van der Waals surface area contributed by atoms with Gasteiger partial charge in [0.25, 0.3) is 0 Å². The second-order valence-electron chi connectivity index (χ2n) is 5.51. The van der Waals surface area contributed by atoms with Gasteiger partial charge in [0.15, 0.2) is 0 Å². The van der Waals surface area contributed by atoms with Crippen molar-refractivity contribution < 1.29 is 19.8 Å². The van der Waals surface area contributed by atoms with Crippen LogP contribution in [-0.2, 0) is 9.59 Å². The summed E-state index contributed by atoms with van der Waals surface area (Å²) in [7, 11) is 0. The van der Waals surface area contributed by atoms with E-state index in [4.69, 9.17) is 10.2 Å². The van der Waals surface area contributed by atoms with E-state index in [0.717, 1.165) is 11.1 Å². The Bertz CT molecular complexity index is 799. The number of hydrazone groups is 1. The summed E-state index contributed by atoms with van der Waals surface area (Å²) >= 11 is 0. The third-order valence-corrected chi connectivity index (χ3v) is 3.56. The minimum Gasteiger partial charge on any atom is -0.481 e. The lowest BCUT2D eigenvalue weighted by Gasteiger charge is -2.10. The second-order valence-corrected chi connectivity index (χ2v) is 5.51. The minimum absolute atomic E-state index is 0.0467. The van der Waals surface area contributed by atoms with E-state index < -0.39 is 11.9 Å². The lowest BCUT2D eigenvalue weighted by molar-refractivity contribution is -0.137. The molecule has 0 bridgehead atoms. The van der Waals surface area contributed by atoms with Crippen LogP contribution in [0.4, 0.5) is 0 Å². The Morgan fingerprint density at radius 3 is 1.96 bits per heavy atom. The first-order valence-corrected chi connectivity index (χ1v) is 8.13. The Labute approximate surface area is 151 Å². The van der Waals surface area contributed by atoms with Gasteiger partial charge in [-0.15, -0.1) is 0 Å². The van der Waals surface area contributed by atoms with Crippen molar-refractivity contribution in [1.82, 2.24) is 5.43 Å². The number of rotatable bonds is 9. The summed E-state index contributed by atoms with van der Waals surface area (Å²) in [5, 5.41) is 22.3. The van der Waals surface area contributed by atoms with Gasteiger partial charge in [-0.05, 0) is 17.2 Å². The van der Waals surface area contributed by atoms with E-state index in [1.165, 1.54) is 0 Å². The zero-order valence-electron chi connectivity index (χ0n) is 14.1. The van der Waals surface area contributed by atoms with Gasteiger partial charge >= 0.3 is 11.9 Å². The Kier molecular flexibility index (Phi) is 7.12. The lowest BCUT2D eigenvalue weighted by Crippen LogP contribution is -2.13. The fourth-order valence-electron chi connectivity index (χ4n) is 2.28. The zero-order valence-corrected chi connectivity index (χ0v) is 14.1. The highest BCUT2D eigenvalue weighted by Gasteiger charge is 2.08. The Morgan fingerprint density at radius 1 is 0.846 bits per heavy atom. The number of aliphatic carboxylic acids is 2. The third-order valence-electron chi connectivity index (χ3n) is 3.56. The molecule has 0 amide bonds. The molecule has 26 heavy (non-hydrogen) atoms. The molecule has 0 radical (unpaired) electrons. The fraction of sp³-hybridized carbons (Fsp3) is 0.150. The van der Waals surface area contributed by atoms with E-state index in [1.807, 2.05) is 60.7 Å². The van der Waals surface area contributed by atoms with Gasteiger partial charge in [0.05, 0.1) is 24.3 Å². The van der Waals surface area contributed by atoms with Crippen LogP contribution in [0.3, 0.4) is 0 Å². The van der Waals surface area contributed by atoms with Crippen molar-refractivity contribution in [2.45, 2.75) is 19.3 Å². The molecule has 6 nitrogen and oxygen atoms in total. The number of hydrogen-bond acceptors (Lipinski definition) is 4. The van der Waals surface area contributed by atoms with Crippen LogP contribution in [-0.4, -0.2) is 27.9 Å². The third kappa shape index (κ3) is 6.24. The molecule has 0 aliphatic rings. The highest BCUT2D eigenvalue weighted by molar-refractivity contribution is 6.01. The van der Waals surface area contributed by atoms with Crippen LogP contribution in [0.25, 0.3) is 5.70 Å². The van der Waals surface area contributed by atoms with E-state index in [0.29, 0.717) is 11.4 Å². The lowest BCUT2D eigenvalue weighted by atomic mass is 10.1. The number of nitrogens with zero attached hydrogens (tertiary/aromatic N) is 1. The van der Waals surface area contributed by atoms with Gasteiger partial charge in [-0.1, -0.05) is 60.7 Å². The number of carboxylic acid groups (broad SMARTS) is 2. The maximum Gasteiger partial charge on any atom is 0.307 e. The van der Waals surface area contributed by atoms with Crippen molar-refractivity contribution in [3.8, 4) is 0 Å². The predicted octanol–water partition coefficient (Wildman–Crippen LogP) is 3.36. The number of nitrogens with one attached hydrogen (secondary N) is 1. The molecule has 134 valence electrons. The molecule has 0 fully saturated rings. The molecular formula is C20H20N2O4. The number of benzene rings is 2. The van der Waals surface area contributed by atoms with Gasteiger partial charge in [0.2, 0.25) is 0 Å². The Morgan fingerprint density at radius 2 is 1.42 bits per heavy atom. The van der Waals surface area contributed by atoms with Gasteiger partial charge < -0.3 is 10.2 Å². The van der Waals surface area contributed by atoms with Crippen LogP contribution in [0.2, 0.25) is 0 Å². The normalized spacial score (nSPS) is 11.8. The smallest absolute Gasteiger partial charge is 0.307 e. The number of hydrogen-bond donors (Lipinski definition) is 3. The monoisotopic (exact) mass is 352 g/mol. The van der Waals surface area contributed by atoms with Crippen molar-refractivity contribution in [2.75, 3.05) is 0 Å². The summed E-state index contributed by atoms with van der Waals surface area (Å²) in [4.78, 5) is 21.8. The summed E-state index contributed by atoms with van der Waals surface area (Å²) < 4.78 is 0. The highest BCUT2D eigenvalue weighted by Crippen LogP contribution is 2.13. The summed E-state index contributed by atoms with van der Waals surface area (Å²) in [6.07, 6.45) is 1.60. The summed E-state index contributed by atoms with van der Waals surface area (Å²) in [6.45, 7) is 0. The van der Waals surface area contributed by atoms with Gasteiger partial charge in [0.1, 0.15) is 0 Å². The Balaban J connectivity index is 2.28. The molecule has 6 heteroatoms. The molecule has 0 atom stereocenters. The van der Waals surface area contributed by atoms with E-state index >= 15 is 0 Å². The maximum atomic E-state index is 10.9. The molecule has 0 unspecified atom stereocenters. The molecule has 0 heterocycles. The van der Waals surface area contributed by atoms with E-state index in [9.17, 15) is 9.59 Å². The molecule has 0 aromatic heterocycles. The SMILES string of the molecule is O=C(O)CC=C(NN=C(CCC(=O)O)c1ccccc1)c1ccccc1. The van der Waals surface area contributed by atoms with Gasteiger partial charge in [-0.2, -0.15) is 5.10 Å². The van der Waals surface area contributed by atoms with Crippen LogP contribution < -0.4 is 5.43 Å². The highest BCUT2D eigenvalue weighted by atomic mass is 16.4. The Hall–Kier alpha value is -3.41. The van der Waals surface area contributed by atoms with Crippen molar-refractivity contribution in [3.05, 3.63) is 77.9 Å². The van der Waals surface area contributed by atoms with E-state index in [2.05, 4.69) is 10.5 Å². The summed E-state index contributed by atoms with van der Waals surface area (Å²) in [5.41, 5.74) is 5.65. The molecular weight excluding hydrogens is 332 g/mol. The molecule has 0 spiro atoms. The zero-order chi connectivity index (χ0) is 18.8. The fourth-order valence-corrected chi connectivity index (χ4v) is 2.28. The van der Waals surface area contributed by atoms with Crippen LogP contribution in [0, 0.1) is 0 Å². The summed E-state index contributed by atoms with van der Waals surface area (Å²) in [6, 6.07) is 18.5. The van der Waals surface area contributed by atoms with Crippen molar-refractivity contribution in [3.63, 3.8) is 0 Å². The molecule has 2 rings (SSSR count). The van der Waals surface area contributed by atoms with E-state index in [-0.39, 0.29) is 19.3 Å². The molecule has 0 saturated heterocycles. The molecule has 0 aliphatic heterocycles. The quantitative estimate of drug-likeness (QED) is 0.475. The summed E-state index contributed by atoms with van der Waals surface area (Å²) in [5.74, 6) is -1.85. The van der Waals surface area contributed by atoms with Gasteiger partial charge in [-0.25, -0.2) is 0 Å². The average Bonchev–Trinajstić information content (AvgIpc) is 2.65. The topological polar surface area (TPSA) is 99.0 Å². The number of carboxylic acids is 2. The molecule has 2 aromatic carbocycles. The second kappa shape index (κ2) is 9.78. The molecule has 3 N–H and O–H groups in total. The first-order chi connectivity index (χ1) is 12.6. The van der Waals surface area contributed by atoms with Crippen LogP contribution in [0.1, 0.15) is 30.4 Å². The average molecular weight is 352 g/mol. The van der Waals surface area contributed by atoms with Crippen molar-refractivity contribution >= 4 is 23.3 Å². The minimum atomic E-state index is -0.946. The first-order valence-electron chi connectivity index (χ1n) is 8.13. The molecule has 2 aromatic rings. The standard InChI is InChI=1S/C20H20N2O4/c23-19(24)13-11-17(15-7-3-1-4-8-15)21-22-18(12-14-20(25)26)16-9-5-2-6-10-16/h1-11,21H,12-14H2,(H,23,24)(H,25,26). The van der Waals surface area contributed by atoms with Crippen molar-refractivity contribution in [2.24, 2.45) is 5.10 Å². The van der Waals surface area contributed by atoms with Crippen LogP contribution in [0.5, 0.6) is 0 Å². The predicted molar refractivity (Wildman–Crippen MR) is 99.7 cm³/mol. The van der Waals surface area contributed by atoms with Gasteiger partial charge in [0, 0.05) is 6.42 Å². The molecule has 0 aliphatic carbocycles. The van der Waals surface area contributed by atoms with Crippen LogP contribution >= 0.6 is 0 Å². The van der Waals surface area contributed by atoms with E-state index in [1.54, 1.807) is 6.08 Å². The van der Waals surface area contributed by atoms with Crippen molar-refractivity contribution in [1.29, 1.82) is 0 Å². The first kappa shape index (κ1) is 18.9. The molecule has 0 saturated carbocycles.